The molecule has 1 aromatic heterocycles. The van der Waals surface area contributed by atoms with Crippen LogP contribution in [0.3, 0.4) is 0 Å². The minimum atomic E-state index is -2.84. The summed E-state index contributed by atoms with van der Waals surface area (Å²) in [7, 11) is -2.84. The summed E-state index contributed by atoms with van der Waals surface area (Å²) in [6.45, 7) is 6.28. The molecule has 144 valence electrons. The molecule has 7 nitrogen and oxygen atoms in total. The molecular weight excluding hydrogens is 384 g/mol. The van der Waals surface area contributed by atoms with E-state index in [1.807, 2.05) is 0 Å². The third-order valence-corrected chi connectivity index (χ3v) is 6.25. The fraction of sp³-hybridized carbons (Fsp3) is 0.533. The summed E-state index contributed by atoms with van der Waals surface area (Å²) in [6, 6.07) is 0.713. The van der Waals surface area contributed by atoms with Gasteiger partial charge in [-0.05, 0) is 31.2 Å². The minimum absolute atomic E-state index is 0.0868. The molecule has 0 saturated carbocycles. The summed E-state index contributed by atoms with van der Waals surface area (Å²) < 4.78 is 14.7. The highest BCUT2D eigenvalue weighted by atomic mass is 35.5. The van der Waals surface area contributed by atoms with E-state index < -0.39 is 15.7 Å². The summed E-state index contributed by atoms with van der Waals surface area (Å²) in [5, 5.41) is 4.54. The van der Waals surface area contributed by atoms with Gasteiger partial charge < -0.3 is 16.8 Å². The number of hydrogen-bond acceptors (Lipinski definition) is 6. The highest BCUT2D eigenvalue weighted by Gasteiger charge is 2.13. The van der Waals surface area contributed by atoms with Gasteiger partial charge in [-0.3, -0.25) is 9.52 Å². The predicted molar refractivity (Wildman–Crippen MR) is 107 cm³/mol. The molecule has 0 aromatic carbocycles. The molecule has 2 unspecified atom stereocenters. The number of thiophene rings is 1. The average Bonchev–Trinajstić information content (AvgIpc) is 2.92. The van der Waals surface area contributed by atoms with Crippen LogP contribution in [0.4, 0.5) is 4.79 Å². The van der Waals surface area contributed by atoms with Gasteiger partial charge in [-0.25, -0.2) is 9.00 Å². The van der Waals surface area contributed by atoms with Crippen molar-refractivity contribution in [1.82, 2.24) is 10.0 Å². The van der Waals surface area contributed by atoms with Crippen molar-refractivity contribution in [2.75, 3.05) is 13.1 Å². The Kier molecular flexibility index (Phi) is 11.0. The maximum atomic E-state index is 12.0. The van der Waals surface area contributed by atoms with E-state index in [9.17, 15) is 13.8 Å². The van der Waals surface area contributed by atoms with Gasteiger partial charge in [-0.1, -0.05) is 25.4 Å². The third-order valence-electron chi connectivity index (χ3n) is 2.80. The zero-order valence-corrected chi connectivity index (χ0v) is 17.1. The molecule has 0 saturated heterocycles. The van der Waals surface area contributed by atoms with Crippen molar-refractivity contribution in [3.63, 3.8) is 0 Å². The van der Waals surface area contributed by atoms with Gasteiger partial charge >= 0.3 is 6.03 Å². The van der Waals surface area contributed by atoms with E-state index in [1.54, 1.807) is 5.38 Å². The molecule has 1 aromatic rings. The highest BCUT2D eigenvalue weighted by Crippen LogP contribution is 2.23. The first kappa shape index (κ1) is 23.9. The number of urea groups is 1. The van der Waals surface area contributed by atoms with E-state index in [0.717, 1.165) is 6.42 Å². The maximum absolute atomic E-state index is 12.0. The Hall–Kier alpha value is -1.13. The Balaban J connectivity index is 0.000000547. The Morgan fingerprint density at radius 2 is 2.04 bits per heavy atom. The average molecular weight is 411 g/mol. The lowest BCUT2D eigenvalue weighted by Gasteiger charge is -2.09. The molecule has 6 N–H and O–H groups in total. The third kappa shape index (κ3) is 10.5. The van der Waals surface area contributed by atoms with Gasteiger partial charge in [0.2, 0.25) is 0 Å². The first-order valence-corrected chi connectivity index (χ1v) is 10.6. The number of hydrogen-bond donors (Lipinski definition) is 4. The molecule has 0 spiro atoms. The van der Waals surface area contributed by atoms with Crippen molar-refractivity contribution in [1.29, 1.82) is 0 Å². The largest absolute Gasteiger partial charge is 0.336 e. The number of rotatable bonds is 7. The quantitative estimate of drug-likeness (QED) is 0.507. The normalized spacial score (nSPS) is 14.0. The van der Waals surface area contributed by atoms with E-state index in [1.165, 1.54) is 24.3 Å². The number of ketones is 1. The number of Topliss-reactive ketones (excluding diaryl/α,β-unsaturated/α-hetero) is 1. The molecule has 10 heteroatoms. The Morgan fingerprint density at radius 3 is 2.40 bits per heavy atom. The number of carbonyl (C=O) groups excluding carboxylic acids is 2. The minimum Gasteiger partial charge on any atom is -0.336 e. The van der Waals surface area contributed by atoms with Crippen molar-refractivity contribution >= 4 is 50.3 Å². The van der Waals surface area contributed by atoms with E-state index in [4.69, 9.17) is 23.1 Å². The SMILES string of the molecule is C=S(=O)(NC(=O)NCCN)c1cc(Cl)cs1.CC(=O)C(N)CC(C)C. The summed E-state index contributed by atoms with van der Waals surface area (Å²) in [5.41, 5.74) is 10.7. The van der Waals surface area contributed by atoms with Gasteiger partial charge in [0.15, 0.2) is 0 Å². The second-order valence-corrected chi connectivity index (χ2v) is 9.35. The van der Waals surface area contributed by atoms with Gasteiger partial charge in [0.05, 0.1) is 20.8 Å². The van der Waals surface area contributed by atoms with Crippen LogP contribution in [0.1, 0.15) is 27.2 Å². The molecule has 0 aliphatic heterocycles. The summed E-state index contributed by atoms with van der Waals surface area (Å²) in [4.78, 5) is 21.8. The first-order chi connectivity index (χ1) is 11.5. The fourth-order valence-electron chi connectivity index (χ4n) is 1.56. The van der Waals surface area contributed by atoms with Gasteiger partial charge in [0.25, 0.3) is 0 Å². The Bertz CT molecular complexity index is 659. The van der Waals surface area contributed by atoms with Gasteiger partial charge in [-0.15, -0.1) is 11.3 Å². The van der Waals surface area contributed by atoms with Crippen LogP contribution < -0.4 is 21.5 Å². The molecule has 0 radical (unpaired) electrons. The maximum Gasteiger partial charge on any atom is 0.326 e. The van der Waals surface area contributed by atoms with Gasteiger partial charge in [0.1, 0.15) is 9.99 Å². The lowest BCUT2D eigenvalue weighted by atomic mass is 10.0. The van der Waals surface area contributed by atoms with Gasteiger partial charge in [0, 0.05) is 18.5 Å². The van der Waals surface area contributed by atoms with Crippen LogP contribution in [-0.2, 0) is 14.5 Å². The number of nitrogens with two attached hydrogens (primary N) is 2. The molecule has 1 heterocycles. The van der Waals surface area contributed by atoms with Crippen LogP contribution in [0, 0.1) is 5.92 Å². The van der Waals surface area contributed by atoms with E-state index in [0.29, 0.717) is 28.2 Å². The van der Waals surface area contributed by atoms with Crippen LogP contribution >= 0.6 is 22.9 Å². The van der Waals surface area contributed by atoms with E-state index in [-0.39, 0.29) is 11.8 Å². The standard InChI is InChI=1S/C8H12ClN3O2S2.C7H15NO/c1-16(14,7-4-6(9)5-15-7)12-8(13)11-3-2-10;1-5(2)4-7(8)6(3)9/h4-5H,1-3,10H2,(H2,11,12,13,14);5,7H,4,8H2,1-3H3. The smallest absolute Gasteiger partial charge is 0.326 e. The zero-order valence-electron chi connectivity index (χ0n) is 14.7. The van der Waals surface area contributed by atoms with Crippen LogP contribution in [-0.4, -0.2) is 41.0 Å². The van der Waals surface area contributed by atoms with Crippen molar-refractivity contribution in [2.45, 2.75) is 37.4 Å². The molecule has 25 heavy (non-hydrogen) atoms. The molecule has 2 atom stereocenters. The Morgan fingerprint density at radius 1 is 1.44 bits per heavy atom. The summed E-state index contributed by atoms with van der Waals surface area (Å²) >= 11 is 6.88. The second kappa shape index (κ2) is 11.5. The number of nitrogens with one attached hydrogen (secondary N) is 2. The lowest BCUT2D eigenvalue weighted by molar-refractivity contribution is -0.118. The number of carbonyl (C=O) groups is 2. The van der Waals surface area contributed by atoms with Crippen molar-refractivity contribution in [2.24, 2.45) is 17.4 Å². The molecule has 0 bridgehead atoms. The van der Waals surface area contributed by atoms with Gasteiger partial charge in [-0.2, -0.15) is 0 Å². The van der Waals surface area contributed by atoms with Crippen molar-refractivity contribution < 1.29 is 13.8 Å². The molecule has 0 aliphatic rings. The summed E-state index contributed by atoms with van der Waals surface area (Å²) in [5.74, 6) is 4.08. The van der Waals surface area contributed by atoms with Crippen LogP contribution in [0.2, 0.25) is 5.02 Å². The first-order valence-electron chi connectivity index (χ1n) is 7.62. The number of amides is 2. The van der Waals surface area contributed by atoms with E-state index in [2.05, 4.69) is 29.8 Å². The van der Waals surface area contributed by atoms with Crippen molar-refractivity contribution in [3.05, 3.63) is 16.5 Å². The van der Waals surface area contributed by atoms with Crippen LogP contribution in [0.5, 0.6) is 0 Å². The zero-order chi connectivity index (χ0) is 19.6. The fourth-order valence-corrected chi connectivity index (χ4v) is 4.11. The van der Waals surface area contributed by atoms with Crippen LogP contribution in [0.25, 0.3) is 0 Å². The molecule has 0 aliphatic carbocycles. The molecule has 1 rings (SSSR count). The summed E-state index contributed by atoms with van der Waals surface area (Å²) in [6.07, 6.45) is 0.801. The lowest BCUT2D eigenvalue weighted by Crippen LogP contribution is -2.40. The highest BCUT2D eigenvalue weighted by molar-refractivity contribution is 8.00. The number of halogens is 1. The van der Waals surface area contributed by atoms with Crippen molar-refractivity contribution in [3.8, 4) is 0 Å². The molecular formula is C15H27ClN4O3S2. The molecule has 0 fully saturated rings. The molecule has 2 amide bonds. The van der Waals surface area contributed by atoms with E-state index >= 15 is 0 Å². The Labute approximate surface area is 158 Å². The predicted octanol–water partition coefficient (Wildman–Crippen LogP) is 1.60. The van der Waals surface area contributed by atoms with Crippen LogP contribution in [0.15, 0.2) is 15.7 Å². The topological polar surface area (TPSA) is 127 Å². The monoisotopic (exact) mass is 410 g/mol. The second-order valence-electron chi connectivity index (χ2n) is 5.75.